The number of hydrogen-bond acceptors (Lipinski definition) is 4. The van der Waals surface area contributed by atoms with E-state index in [-0.39, 0.29) is 23.8 Å². The lowest BCUT2D eigenvalue weighted by Gasteiger charge is -2.28. The second-order valence-electron chi connectivity index (χ2n) is 9.60. The molecular weight excluding hydrogens is 376 g/mol. The van der Waals surface area contributed by atoms with Crippen LogP contribution >= 0.6 is 0 Å². The molecule has 4 nitrogen and oxygen atoms in total. The van der Waals surface area contributed by atoms with Crippen molar-refractivity contribution in [2.45, 2.75) is 122 Å². The van der Waals surface area contributed by atoms with Gasteiger partial charge >= 0.3 is 11.9 Å². The molecule has 0 spiro atoms. The van der Waals surface area contributed by atoms with E-state index in [0.717, 1.165) is 44.9 Å². The SMILES string of the molecule is CCCCCCCCCCOC(=O)C1CCCCC1C(=O)OCCC1CCCCC1. The van der Waals surface area contributed by atoms with Gasteiger partial charge < -0.3 is 9.47 Å². The first kappa shape index (κ1) is 25.2. The van der Waals surface area contributed by atoms with Crippen molar-refractivity contribution in [1.82, 2.24) is 0 Å². The lowest BCUT2D eigenvalue weighted by Crippen LogP contribution is -2.35. The van der Waals surface area contributed by atoms with Gasteiger partial charge in [-0.1, -0.05) is 96.8 Å². The third-order valence-electron chi connectivity index (χ3n) is 7.11. The number of esters is 2. The maximum absolute atomic E-state index is 12.6. The Morgan fingerprint density at radius 1 is 0.633 bits per heavy atom. The third-order valence-corrected chi connectivity index (χ3v) is 7.11. The number of hydrogen-bond donors (Lipinski definition) is 0. The Morgan fingerprint density at radius 3 is 1.73 bits per heavy atom. The second-order valence-corrected chi connectivity index (χ2v) is 9.60. The van der Waals surface area contributed by atoms with Crippen LogP contribution in [-0.4, -0.2) is 25.2 Å². The van der Waals surface area contributed by atoms with E-state index in [4.69, 9.17) is 9.47 Å². The molecule has 0 aromatic carbocycles. The summed E-state index contributed by atoms with van der Waals surface area (Å²) in [6, 6.07) is 0. The van der Waals surface area contributed by atoms with Crippen molar-refractivity contribution in [3.05, 3.63) is 0 Å². The van der Waals surface area contributed by atoms with Gasteiger partial charge in [-0.25, -0.2) is 0 Å². The van der Waals surface area contributed by atoms with Crippen LogP contribution in [-0.2, 0) is 19.1 Å². The molecule has 2 unspecified atom stereocenters. The third kappa shape index (κ3) is 9.83. The molecule has 0 N–H and O–H groups in total. The molecule has 2 rings (SSSR count). The fourth-order valence-electron chi connectivity index (χ4n) is 5.12. The smallest absolute Gasteiger partial charge is 0.309 e. The zero-order valence-electron chi connectivity index (χ0n) is 19.5. The topological polar surface area (TPSA) is 52.6 Å². The molecule has 2 saturated carbocycles. The molecule has 2 atom stereocenters. The summed E-state index contributed by atoms with van der Waals surface area (Å²) in [6.07, 6.45) is 20.9. The number of unbranched alkanes of at least 4 members (excludes halogenated alkanes) is 7. The molecule has 0 aromatic heterocycles. The van der Waals surface area contributed by atoms with E-state index in [2.05, 4.69) is 6.92 Å². The van der Waals surface area contributed by atoms with Gasteiger partial charge in [0.05, 0.1) is 25.0 Å². The van der Waals surface area contributed by atoms with Gasteiger partial charge in [0.15, 0.2) is 0 Å². The highest BCUT2D eigenvalue weighted by Crippen LogP contribution is 2.32. The monoisotopic (exact) mass is 422 g/mol. The van der Waals surface area contributed by atoms with E-state index in [1.807, 2.05) is 0 Å². The van der Waals surface area contributed by atoms with Crippen LogP contribution in [0.25, 0.3) is 0 Å². The van der Waals surface area contributed by atoms with Crippen molar-refractivity contribution >= 4 is 11.9 Å². The van der Waals surface area contributed by atoms with Crippen LogP contribution in [0.5, 0.6) is 0 Å². The van der Waals surface area contributed by atoms with Gasteiger partial charge in [-0.15, -0.1) is 0 Å². The van der Waals surface area contributed by atoms with Crippen molar-refractivity contribution in [1.29, 1.82) is 0 Å². The van der Waals surface area contributed by atoms with Crippen molar-refractivity contribution in [3.63, 3.8) is 0 Å². The molecule has 0 amide bonds. The van der Waals surface area contributed by atoms with Crippen LogP contribution in [0.1, 0.15) is 122 Å². The summed E-state index contributed by atoms with van der Waals surface area (Å²) in [5.41, 5.74) is 0. The minimum Gasteiger partial charge on any atom is -0.465 e. The fourth-order valence-corrected chi connectivity index (χ4v) is 5.12. The second kappa shape index (κ2) is 15.7. The molecule has 2 aliphatic carbocycles. The first-order valence-corrected chi connectivity index (χ1v) is 13.1. The minimum atomic E-state index is -0.296. The zero-order valence-corrected chi connectivity index (χ0v) is 19.5. The molecule has 2 aliphatic rings. The summed E-state index contributed by atoms with van der Waals surface area (Å²) in [5.74, 6) is -0.220. The van der Waals surface area contributed by atoms with Crippen molar-refractivity contribution in [2.24, 2.45) is 17.8 Å². The average Bonchev–Trinajstić information content (AvgIpc) is 2.78. The molecule has 0 aliphatic heterocycles. The molecule has 0 bridgehead atoms. The Kier molecular flexibility index (Phi) is 13.2. The highest BCUT2D eigenvalue weighted by molar-refractivity contribution is 5.82. The van der Waals surface area contributed by atoms with Crippen molar-refractivity contribution < 1.29 is 19.1 Å². The molecule has 0 heterocycles. The lowest BCUT2D eigenvalue weighted by molar-refractivity contribution is -0.163. The molecule has 0 aromatic rings. The molecule has 174 valence electrons. The Labute approximate surface area is 184 Å². The highest BCUT2D eigenvalue weighted by atomic mass is 16.5. The number of rotatable bonds is 14. The molecule has 4 heteroatoms. The largest absolute Gasteiger partial charge is 0.465 e. The van der Waals surface area contributed by atoms with Crippen LogP contribution in [0, 0.1) is 17.8 Å². The van der Waals surface area contributed by atoms with Crippen LogP contribution in [0.15, 0.2) is 0 Å². The van der Waals surface area contributed by atoms with Gasteiger partial charge in [0, 0.05) is 0 Å². The van der Waals surface area contributed by atoms with Gasteiger partial charge in [-0.3, -0.25) is 9.59 Å². The number of carbonyl (C=O) groups excluding carboxylic acids is 2. The highest BCUT2D eigenvalue weighted by Gasteiger charge is 2.37. The standard InChI is InChI=1S/C26H46O4/c1-2-3-4-5-6-7-8-14-20-29-25(27)23-17-12-13-18-24(23)26(28)30-21-19-22-15-10-9-11-16-22/h22-24H,2-21H2,1H3. The van der Waals surface area contributed by atoms with Crippen LogP contribution in [0.2, 0.25) is 0 Å². The lowest BCUT2D eigenvalue weighted by atomic mass is 9.79. The molecule has 0 saturated heterocycles. The maximum Gasteiger partial charge on any atom is 0.309 e. The predicted molar refractivity (Wildman–Crippen MR) is 121 cm³/mol. The number of ether oxygens (including phenoxy) is 2. The van der Waals surface area contributed by atoms with Crippen molar-refractivity contribution in [3.8, 4) is 0 Å². The Balaban J connectivity index is 1.60. The molecular formula is C26H46O4. The quantitative estimate of drug-likeness (QED) is 0.223. The van der Waals surface area contributed by atoms with Gasteiger partial charge in [-0.2, -0.15) is 0 Å². The van der Waals surface area contributed by atoms with Gasteiger partial charge in [-0.05, 0) is 31.6 Å². The van der Waals surface area contributed by atoms with E-state index < -0.39 is 0 Å². The van der Waals surface area contributed by atoms with E-state index in [1.54, 1.807) is 0 Å². The van der Waals surface area contributed by atoms with Gasteiger partial charge in [0.25, 0.3) is 0 Å². The van der Waals surface area contributed by atoms with E-state index in [9.17, 15) is 9.59 Å². The van der Waals surface area contributed by atoms with Gasteiger partial charge in [0.2, 0.25) is 0 Å². The van der Waals surface area contributed by atoms with Crippen LogP contribution in [0.4, 0.5) is 0 Å². The van der Waals surface area contributed by atoms with E-state index >= 15 is 0 Å². The molecule has 0 radical (unpaired) electrons. The van der Waals surface area contributed by atoms with Crippen LogP contribution in [0.3, 0.4) is 0 Å². The van der Waals surface area contributed by atoms with E-state index in [0.29, 0.717) is 19.1 Å². The predicted octanol–water partition coefficient (Wildman–Crippen LogP) is 6.99. The Hall–Kier alpha value is -1.06. The summed E-state index contributed by atoms with van der Waals surface area (Å²) in [6.45, 7) is 3.25. The summed E-state index contributed by atoms with van der Waals surface area (Å²) in [4.78, 5) is 25.3. The first-order chi connectivity index (χ1) is 14.7. The Morgan fingerprint density at radius 2 is 1.13 bits per heavy atom. The van der Waals surface area contributed by atoms with Crippen LogP contribution < -0.4 is 0 Å². The molecule has 30 heavy (non-hydrogen) atoms. The first-order valence-electron chi connectivity index (χ1n) is 13.1. The average molecular weight is 423 g/mol. The van der Waals surface area contributed by atoms with Gasteiger partial charge in [0.1, 0.15) is 0 Å². The van der Waals surface area contributed by atoms with E-state index in [1.165, 1.54) is 70.6 Å². The summed E-state index contributed by atoms with van der Waals surface area (Å²) >= 11 is 0. The maximum atomic E-state index is 12.6. The normalized spacial score (nSPS) is 22.6. The minimum absolute atomic E-state index is 0.167. The number of carbonyl (C=O) groups is 2. The summed E-state index contributed by atoms with van der Waals surface area (Å²) < 4.78 is 11.2. The summed E-state index contributed by atoms with van der Waals surface area (Å²) in [7, 11) is 0. The molecule has 2 fully saturated rings. The summed E-state index contributed by atoms with van der Waals surface area (Å²) in [5, 5.41) is 0. The zero-order chi connectivity index (χ0) is 21.4. The fraction of sp³-hybridized carbons (Fsp3) is 0.923. The van der Waals surface area contributed by atoms with Crippen molar-refractivity contribution in [2.75, 3.05) is 13.2 Å². The Bertz CT molecular complexity index is 470.